The molecule has 0 spiro atoms. The number of nitrogens with one attached hydrogen (secondary N) is 1. The van der Waals surface area contributed by atoms with Gasteiger partial charge < -0.3 is 10.4 Å². The number of aliphatic hydroxyl groups is 1. The Labute approximate surface area is 108 Å². The summed E-state index contributed by atoms with van der Waals surface area (Å²) in [5, 5.41) is 13.3. The molecule has 1 aromatic heterocycles. The molecule has 0 bridgehead atoms. The second-order valence-corrected chi connectivity index (χ2v) is 5.32. The molecule has 1 atom stereocenters. The van der Waals surface area contributed by atoms with Gasteiger partial charge in [-0.3, -0.25) is 0 Å². The molecular weight excluding hydrogens is 232 g/mol. The van der Waals surface area contributed by atoms with Crippen LogP contribution in [0.25, 0.3) is 0 Å². The molecule has 2 N–H and O–H groups in total. The third-order valence-electron chi connectivity index (χ3n) is 2.38. The Kier molecular flexibility index (Phi) is 7.24. The minimum absolute atomic E-state index is 0.242. The Balaban J connectivity index is 2.34. The molecule has 1 rings (SSSR count). The Morgan fingerprint density at radius 1 is 1.47 bits per heavy atom. The maximum Gasteiger partial charge on any atom is 0.0960 e. The first-order valence-electron chi connectivity index (χ1n) is 6.15. The van der Waals surface area contributed by atoms with Crippen LogP contribution in [0.2, 0.25) is 0 Å². The normalized spacial score (nSPS) is 12.6. The summed E-state index contributed by atoms with van der Waals surface area (Å²) < 4.78 is 0. The lowest BCUT2D eigenvalue weighted by molar-refractivity contribution is 0.250. The van der Waals surface area contributed by atoms with E-state index in [1.54, 1.807) is 11.8 Å². The maximum absolute atomic E-state index is 8.94. The number of nitrogens with zero attached hydrogens (tertiary/aromatic N) is 1. The molecule has 3 nitrogen and oxygen atoms in total. The van der Waals surface area contributed by atoms with Crippen LogP contribution in [-0.4, -0.2) is 29.0 Å². The van der Waals surface area contributed by atoms with Gasteiger partial charge in [-0.2, -0.15) is 0 Å². The van der Waals surface area contributed by atoms with Crippen molar-refractivity contribution in [3.8, 4) is 0 Å². The summed E-state index contributed by atoms with van der Waals surface area (Å²) in [5.74, 6) is 1.24. The fourth-order valence-corrected chi connectivity index (χ4v) is 2.14. The standard InChI is InChI=1S/C13H22N2OS/c1-3-6-14-7-12-4-5-13(15-8-12)17-10-11(2)9-16/h4-5,8,11,14,16H,3,6-7,9-10H2,1-2H3. The molecule has 0 radical (unpaired) electrons. The van der Waals surface area contributed by atoms with Gasteiger partial charge in [0.15, 0.2) is 0 Å². The second-order valence-electron chi connectivity index (χ2n) is 4.28. The van der Waals surface area contributed by atoms with E-state index >= 15 is 0 Å². The molecule has 1 heterocycles. The molecule has 0 amide bonds. The lowest BCUT2D eigenvalue weighted by Gasteiger charge is -2.07. The molecule has 0 aliphatic heterocycles. The highest BCUT2D eigenvalue weighted by Gasteiger charge is 2.02. The third kappa shape index (κ3) is 6.05. The van der Waals surface area contributed by atoms with Crippen molar-refractivity contribution in [3.05, 3.63) is 23.9 Å². The van der Waals surface area contributed by atoms with Crippen molar-refractivity contribution in [2.24, 2.45) is 5.92 Å². The predicted molar refractivity (Wildman–Crippen MR) is 73.2 cm³/mol. The van der Waals surface area contributed by atoms with E-state index in [1.165, 1.54) is 5.56 Å². The molecule has 0 saturated heterocycles. The summed E-state index contributed by atoms with van der Waals surface area (Å²) in [6.07, 6.45) is 3.08. The fourth-order valence-electron chi connectivity index (χ4n) is 1.29. The van der Waals surface area contributed by atoms with Crippen molar-refractivity contribution in [3.63, 3.8) is 0 Å². The van der Waals surface area contributed by atoms with Crippen LogP contribution in [-0.2, 0) is 6.54 Å². The van der Waals surface area contributed by atoms with Crippen molar-refractivity contribution < 1.29 is 5.11 Å². The summed E-state index contributed by atoms with van der Waals surface area (Å²) in [6, 6.07) is 4.17. The first kappa shape index (κ1) is 14.5. The number of hydrogen-bond acceptors (Lipinski definition) is 4. The van der Waals surface area contributed by atoms with E-state index in [0.717, 1.165) is 30.3 Å². The summed E-state index contributed by atoms with van der Waals surface area (Å²) in [4.78, 5) is 4.41. The fraction of sp³-hybridized carbons (Fsp3) is 0.615. The van der Waals surface area contributed by atoms with E-state index in [2.05, 4.69) is 29.4 Å². The average molecular weight is 254 g/mol. The summed E-state index contributed by atoms with van der Waals surface area (Å²) >= 11 is 1.70. The quantitative estimate of drug-likeness (QED) is 0.552. The highest BCUT2D eigenvalue weighted by Crippen LogP contribution is 2.18. The smallest absolute Gasteiger partial charge is 0.0960 e. The molecule has 1 unspecified atom stereocenters. The number of hydrogen-bond donors (Lipinski definition) is 2. The van der Waals surface area contributed by atoms with Crippen molar-refractivity contribution in [2.75, 3.05) is 18.9 Å². The lowest BCUT2D eigenvalue weighted by Crippen LogP contribution is -2.13. The van der Waals surface area contributed by atoms with Gasteiger partial charge >= 0.3 is 0 Å². The molecule has 17 heavy (non-hydrogen) atoms. The van der Waals surface area contributed by atoms with Gasteiger partial charge in [-0.25, -0.2) is 4.98 Å². The molecule has 1 aromatic rings. The lowest BCUT2D eigenvalue weighted by atomic mass is 10.2. The first-order chi connectivity index (χ1) is 8.26. The Hall–Kier alpha value is -0.580. The predicted octanol–water partition coefficient (Wildman–Crippen LogP) is 2.30. The van der Waals surface area contributed by atoms with E-state index in [0.29, 0.717) is 5.92 Å². The van der Waals surface area contributed by atoms with Gasteiger partial charge in [0.25, 0.3) is 0 Å². The number of aliphatic hydroxyl groups excluding tert-OH is 1. The van der Waals surface area contributed by atoms with Crippen LogP contribution in [0.15, 0.2) is 23.4 Å². The highest BCUT2D eigenvalue weighted by atomic mass is 32.2. The summed E-state index contributed by atoms with van der Waals surface area (Å²) in [6.45, 7) is 6.37. The molecular formula is C13H22N2OS. The van der Waals surface area contributed by atoms with Crippen LogP contribution in [0, 0.1) is 5.92 Å². The van der Waals surface area contributed by atoms with Gasteiger partial charge in [0.1, 0.15) is 0 Å². The molecule has 96 valence electrons. The van der Waals surface area contributed by atoms with Crippen LogP contribution in [0.3, 0.4) is 0 Å². The minimum Gasteiger partial charge on any atom is -0.396 e. The molecule has 0 fully saturated rings. The van der Waals surface area contributed by atoms with Gasteiger partial charge in [-0.1, -0.05) is 19.9 Å². The monoisotopic (exact) mass is 254 g/mol. The van der Waals surface area contributed by atoms with Gasteiger partial charge in [0.2, 0.25) is 0 Å². The molecule has 4 heteroatoms. The number of aromatic nitrogens is 1. The minimum atomic E-state index is 0.242. The van der Waals surface area contributed by atoms with Gasteiger partial charge in [0, 0.05) is 25.1 Å². The third-order valence-corrected chi connectivity index (χ3v) is 3.65. The second kappa shape index (κ2) is 8.50. The average Bonchev–Trinajstić information content (AvgIpc) is 2.37. The van der Waals surface area contributed by atoms with Crippen LogP contribution < -0.4 is 5.32 Å². The van der Waals surface area contributed by atoms with Crippen LogP contribution in [0.1, 0.15) is 25.8 Å². The molecule has 0 aromatic carbocycles. The molecule has 0 aliphatic carbocycles. The Bertz CT molecular complexity index is 303. The van der Waals surface area contributed by atoms with Gasteiger partial charge in [-0.15, -0.1) is 11.8 Å². The Morgan fingerprint density at radius 3 is 2.88 bits per heavy atom. The van der Waals surface area contributed by atoms with Gasteiger partial charge in [-0.05, 0) is 30.5 Å². The van der Waals surface area contributed by atoms with Crippen LogP contribution >= 0.6 is 11.8 Å². The van der Waals surface area contributed by atoms with E-state index in [9.17, 15) is 0 Å². The van der Waals surface area contributed by atoms with Crippen molar-refractivity contribution in [2.45, 2.75) is 31.8 Å². The van der Waals surface area contributed by atoms with E-state index in [1.807, 2.05) is 13.1 Å². The summed E-state index contributed by atoms with van der Waals surface area (Å²) in [7, 11) is 0. The number of rotatable bonds is 8. The SMILES string of the molecule is CCCNCc1ccc(SCC(C)CO)nc1. The molecule has 0 saturated carbocycles. The van der Waals surface area contributed by atoms with Crippen LogP contribution in [0.5, 0.6) is 0 Å². The van der Waals surface area contributed by atoms with Gasteiger partial charge in [0.05, 0.1) is 5.03 Å². The van der Waals surface area contributed by atoms with Crippen molar-refractivity contribution >= 4 is 11.8 Å². The zero-order valence-electron chi connectivity index (χ0n) is 10.6. The topological polar surface area (TPSA) is 45.1 Å². The number of thioether (sulfide) groups is 1. The van der Waals surface area contributed by atoms with E-state index < -0.39 is 0 Å². The molecule has 0 aliphatic rings. The number of pyridine rings is 1. The van der Waals surface area contributed by atoms with E-state index in [-0.39, 0.29) is 6.61 Å². The zero-order chi connectivity index (χ0) is 12.5. The zero-order valence-corrected chi connectivity index (χ0v) is 11.5. The first-order valence-corrected chi connectivity index (χ1v) is 7.14. The largest absolute Gasteiger partial charge is 0.396 e. The van der Waals surface area contributed by atoms with Crippen molar-refractivity contribution in [1.29, 1.82) is 0 Å². The van der Waals surface area contributed by atoms with Crippen molar-refractivity contribution in [1.82, 2.24) is 10.3 Å². The highest BCUT2D eigenvalue weighted by molar-refractivity contribution is 7.99. The maximum atomic E-state index is 8.94. The summed E-state index contributed by atoms with van der Waals surface area (Å²) in [5.41, 5.74) is 1.22. The van der Waals surface area contributed by atoms with E-state index in [4.69, 9.17) is 5.11 Å². The van der Waals surface area contributed by atoms with Crippen LogP contribution in [0.4, 0.5) is 0 Å². The Morgan fingerprint density at radius 2 is 2.29 bits per heavy atom.